The van der Waals surface area contributed by atoms with Crippen molar-refractivity contribution in [2.75, 3.05) is 11.9 Å². The molecule has 0 spiro atoms. The number of nitrogens with zero attached hydrogens (tertiary/aromatic N) is 3. The van der Waals surface area contributed by atoms with Crippen molar-refractivity contribution in [1.82, 2.24) is 9.97 Å². The van der Waals surface area contributed by atoms with Crippen LogP contribution in [0.25, 0.3) is 0 Å². The summed E-state index contributed by atoms with van der Waals surface area (Å²) < 4.78 is 4.84. The summed E-state index contributed by atoms with van der Waals surface area (Å²) in [5.41, 5.74) is -0.168. The van der Waals surface area contributed by atoms with Gasteiger partial charge in [-0.05, 0) is 13.0 Å². The van der Waals surface area contributed by atoms with Crippen molar-refractivity contribution in [3.8, 4) is 0 Å². The van der Waals surface area contributed by atoms with E-state index in [4.69, 9.17) is 4.74 Å². The molecule has 0 aliphatic heterocycles. The second kappa shape index (κ2) is 6.75. The average Bonchev–Trinajstić information content (AvgIpc) is 2.91. The fourth-order valence-corrected chi connectivity index (χ4v) is 2.44. The maximum atomic E-state index is 11.6. The van der Waals surface area contributed by atoms with E-state index in [1.807, 2.05) is 0 Å². The van der Waals surface area contributed by atoms with E-state index in [9.17, 15) is 14.9 Å². The van der Waals surface area contributed by atoms with Crippen molar-refractivity contribution in [1.29, 1.82) is 0 Å². The fraction of sp³-hybridized carbons (Fsp3) is 0.250. The molecular weight excluding hydrogens is 296 g/mol. The first-order valence-corrected chi connectivity index (χ1v) is 6.88. The number of thiophene rings is 1. The van der Waals surface area contributed by atoms with Crippen LogP contribution in [-0.2, 0) is 11.3 Å². The minimum absolute atomic E-state index is 0.168. The predicted octanol–water partition coefficient (Wildman–Crippen LogP) is 2.24. The Kier molecular flexibility index (Phi) is 4.77. The maximum Gasteiger partial charge on any atom is 0.348 e. The van der Waals surface area contributed by atoms with E-state index in [1.165, 1.54) is 6.07 Å². The van der Waals surface area contributed by atoms with E-state index in [-0.39, 0.29) is 28.7 Å². The molecule has 0 aliphatic carbocycles. The molecule has 0 unspecified atom stereocenters. The van der Waals surface area contributed by atoms with Crippen LogP contribution < -0.4 is 5.32 Å². The summed E-state index contributed by atoms with van der Waals surface area (Å²) >= 11 is 0.972. The molecule has 0 aromatic carbocycles. The van der Waals surface area contributed by atoms with Crippen molar-refractivity contribution in [3.05, 3.63) is 45.3 Å². The third kappa shape index (κ3) is 3.72. The highest BCUT2D eigenvalue weighted by molar-refractivity contribution is 7.18. The lowest BCUT2D eigenvalue weighted by Gasteiger charge is -2.01. The number of hydrogen-bond acceptors (Lipinski definition) is 8. The fourth-order valence-electron chi connectivity index (χ4n) is 1.53. The summed E-state index contributed by atoms with van der Waals surface area (Å²) in [5, 5.41) is 14.2. The average molecular weight is 308 g/mol. The predicted molar refractivity (Wildman–Crippen MR) is 76.3 cm³/mol. The van der Waals surface area contributed by atoms with Crippen LogP contribution in [0.2, 0.25) is 0 Å². The molecule has 110 valence electrons. The van der Waals surface area contributed by atoms with Gasteiger partial charge in [-0.25, -0.2) is 14.8 Å². The highest BCUT2D eigenvalue weighted by Gasteiger charge is 2.23. The van der Waals surface area contributed by atoms with E-state index < -0.39 is 10.9 Å². The number of carbonyl (C=O) groups is 1. The Hall–Kier alpha value is -2.55. The first-order chi connectivity index (χ1) is 10.1. The molecule has 2 rings (SSSR count). The Bertz CT molecular complexity index is 644. The Morgan fingerprint density at radius 2 is 2.19 bits per heavy atom. The van der Waals surface area contributed by atoms with Crippen LogP contribution in [0.15, 0.2) is 24.5 Å². The topological polar surface area (TPSA) is 107 Å². The number of esters is 1. The number of nitro groups is 1. The van der Waals surface area contributed by atoms with Crippen LogP contribution in [0.3, 0.4) is 0 Å². The smallest absolute Gasteiger partial charge is 0.348 e. The van der Waals surface area contributed by atoms with Gasteiger partial charge < -0.3 is 10.1 Å². The summed E-state index contributed by atoms with van der Waals surface area (Å²) in [7, 11) is 0. The van der Waals surface area contributed by atoms with Gasteiger partial charge in [-0.1, -0.05) is 0 Å². The zero-order chi connectivity index (χ0) is 15.2. The zero-order valence-electron chi connectivity index (χ0n) is 11.1. The van der Waals surface area contributed by atoms with Crippen molar-refractivity contribution in [2.24, 2.45) is 0 Å². The molecule has 1 N–H and O–H groups in total. The molecule has 0 aliphatic rings. The van der Waals surface area contributed by atoms with Crippen LogP contribution in [0, 0.1) is 10.1 Å². The van der Waals surface area contributed by atoms with Crippen molar-refractivity contribution >= 4 is 28.0 Å². The van der Waals surface area contributed by atoms with Crippen molar-refractivity contribution in [2.45, 2.75) is 13.5 Å². The minimum Gasteiger partial charge on any atom is -0.462 e. The standard InChI is InChI=1S/C12H12N4O4S/c1-2-20-12(17)9-6-8(16(18)19)11(21-9)15-7-10-13-4-3-5-14-10/h3-6,15H,2,7H2,1H3. The third-order valence-electron chi connectivity index (χ3n) is 2.41. The lowest BCUT2D eigenvalue weighted by molar-refractivity contribution is -0.383. The Morgan fingerprint density at radius 3 is 2.81 bits per heavy atom. The zero-order valence-corrected chi connectivity index (χ0v) is 11.9. The van der Waals surface area contributed by atoms with Gasteiger partial charge in [-0.15, -0.1) is 11.3 Å². The molecule has 2 heterocycles. The summed E-state index contributed by atoms with van der Waals surface area (Å²) in [6.45, 7) is 2.11. The highest BCUT2D eigenvalue weighted by Crippen LogP contribution is 2.35. The molecular formula is C12H12N4O4S. The second-order valence-corrected chi connectivity index (χ2v) is 4.87. The van der Waals surface area contributed by atoms with Gasteiger partial charge in [0.15, 0.2) is 5.00 Å². The van der Waals surface area contributed by atoms with Gasteiger partial charge in [0.2, 0.25) is 0 Å². The van der Waals surface area contributed by atoms with Crippen LogP contribution >= 0.6 is 11.3 Å². The second-order valence-electron chi connectivity index (χ2n) is 3.82. The molecule has 0 saturated heterocycles. The van der Waals surface area contributed by atoms with E-state index in [1.54, 1.807) is 25.4 Å². The SMILES string of the molecule is CCOC(=O)c1cc([N+](=O)[O-])c(NCc2ncccn2)s1. The van der Waals surface area contributed by atoms with Gasteiger partial charge in [0.25, 0.3) is 0 Å². The molecule has 21 heavy (non-hydrogen) atoms. The van der Waals surface area contributed by atoms with E-state index in [0.717, 1.165) is 11.3 Å². The van der Waals surface area contributed by atoms with Crippen LogP contribution in [-0.4, -0.2) is 27.5 Å². The number of carbonyl (C=O) groups excluding carboxylic acids is 1. The van der Waals surface area contributed by atoms with Gasteiger partial charge in [0, 0.05) is 18.5 Å². The van der Waals surface area contributed by atoms with Crippen LogP contribution in [0.4, 0.5) is 10.7 Å². The number of ether oxygens (including phenoxy) is 1. The molecule has 0 bridgehead atoms. The molecule has 0 atom stereocenters. The minimum atomic E-state index is -0.574. The molecule has 0 saturated carbocycles. The first kappa shape index (κ1) is 14.9. The van der Waals surface area contributed by atoms with Gasteiger partial charge >= 0.3 is 11.7 Å². The number of rotatable bonds is 6. The van der Waals surface area contributed by atoms with Crippen molar-refractivity contribution in [3.63, 3.8) is 0 Å². The summed E-state index contributed by atoms with van der Waals surface area (Å²) in [6, 6.07) is 2.88. The van der Waals surface area contributed by atoms with E-state index >= 15 is 0 Å². The summed E-state index contributed by atoms with van der Waals surface area (Å²) in [4.78, 5) is 30.3. The van der Waals surface area contributed by atoms with Gasteiger partial charge in [0.05, 0.1) is 18.1 Å². The molecule has 0 radical (unpaired) electrons. The van der Waals surface area contributed by atoms with E-state index in [2.05, 4.69) is 15.3 Å². The molecule has 2 aromatic heterocycles. The summed E-state index contributed by atoms with van der Waals surface area (Å²) in [6.07, 6.45) is 3.16. The molecule has 2 aromatic rings. The number of anilines is 1. The molecule has 9 heteroatoms. The number of nitrogens with one attached hydrogen (secondary N) is 1. The molecule has 0 amide bonds. The van der Waals surface area contributed by atoms with Crippen LogP contribution in [0.5, 0.6) is 0 Å². The van der Waals surface area contributed by atoms with Gasteiger partial charge in [0.1, 0.15) is 10.7 Å². The first-order valence-electron chi connectivity index (χ1n) is 6.07. The number of hydrogen-bond donors (Lipinski definition) is 1. The lowest BCUT2D eigenvalue weighted by atomic mass is 10.4. The maximum absolute atomic E-state index is 11.6. The quantitative estimate of drug-likeness (QED) is 0.495. The molecule has 8 nitrogen and oxygen atoms in total. The Balaban J connectivity index is 2.17. The van der Waals surface area contributed by atoms with Gasteiger partial charge in [-0.3, -0.25) is 10.1 Å². The normalized spacial score (nSPS) is 10.1. The Morgan fingerprint density at radius 1 is 1.48 bits per heavy atom. The monoisotopic (exact) mass is 308 g/mol. The third-order valence-corrected chi connectivity index (χ3v) is 3.47. The number of aromatic nitrogens is 2. The largest absolute Gasteiger partial charge is 0.462 e. The Labute approximate surface area is 124 Å². The summed E-state index contributed by atoms with van der Waals surface area (Å²) in [5.74, 6) is -0.0764. The lowest BCUT2D eigenvalue weighted by Crippen LogP contribution is -2.03. The molecule has 0 fully saturated rings. The van der Waals surface area contributed by atoms with Crippen LogP contribution in [0.1, 0.15) is 22.4 Å². The van der Waals surface area contributed by atoms with Gasteiger partial charge in [-0.2, -0.15) is 0 Å². The van der Waals surface area contributed by atoms with Crippen molar-refractivity contribution < 1.29 is 14.5 Å². The van der Waals surface area contributed by atoms with E-state index in [0.29, 0.717) is 5.82 Å². The highest BCUT2D eigenvalue weighted by atomic mass is 32.1.